The summed E-state index contributed by atoms with van der Waals surface area (Å²) in [5.74, 6) is 2.39. The topological polar surface area (TPSA) is 67.2 Å². The summed E-state index contributed by atoms with van der Waals surface area (Å²) in [7, 11) is 0. The first-order chi connectivity index (χ1) is 17.1. The predicted octanol–water partition coefficient (Wildman–Crippen LogP) is 5.73. The number of hydrogen-bond acceptors (Lipinski definition) is 5. The fourth-order valence-electron chi connectivity index (χ4n) is 4.90. The molecule has 4 rings (SSSR count). The zero-order chi connectivity index (χ0) is 24.6. The van der Waals surface area contributed by atoms with Crippen LogP contribution >= 0.6 is 0 Å². The van der Waals surface area contributed by atoms with Crippen LogP contribution in [0.25, 0.3) is 16.7 Å². The first kappa shape index (κ1) is 25.1. The fraction of sp³-hybridized carbons (Fsp3) is 0.571. The average Bonchev–Trinajstić information content (AvgIpc) is 3.33. The van der Waals surface area contributed by atoms with Crippen LogP contribution in [0.5, 0.6) is 0 Å². The standard InChI is InChI=1S/C28H40N6O/c1-4-6-7-8-12-16-25(35)32-17-19-33(20-18-32)27-24-21-29-34(23-14-10-9-11-15-23)28(24)31-26(30-27)22(3)13-5-2/h9-11,14-15,21-22H,4-8,12-13,16-20H2,1-3H3/t22-/m0/s1. The van der Waals surface area contributed by atoms with Crippen molar-refractivity contribution in [2.75, 3.05) is 31.1 Å². The molecule has 7 heteroatoms. The Labute approximate surface area is 209 Å². The lowest BCUT2D eigenvalue weighted by molar-refractivity contribution is -0.131. The Balaban J connectivity index is 1.53. The number of carbonyl (C=O) groups is 1. The number of carbonyl (C=O) groups excluding carboxylic acids is 1. The van der Waals surface area contributed by atoms with Crippen molar-refractivity contribution in [1.82, 2.24) is 24.6 Å². The van der Waals surface area contributed by atoms with E-state index < -0.39 is 0 Å². The molecule has 2 aromatic heterocycles. The van der Waals surface area contributed by atoms with Crippen molar-refractivity contribution >= 4 is 22.8 Å². The van der Waals surface area contributed by atoms with Gasteiger partial charge in [0.25, 0.3) is 0 Å². The van der Waals surface area contributed by atoms with Crippen molar-refractivity contribution in [1.29, 1.82) is 0 Å². The van der Waals surface area contributed by atoms with Gasteiger partial charge in [-0.05, 0) is 25.0 Å². The van der Waals surface area contributed by atoms with Gasteiger partial charge in [0.2, 0.25) is 5.91 Å². The van der Waals surface area contributed by atoms with Gasteiger partial charge in [0, 0.05) is 38.5 Å². The number of anilines is 1. The van der Waals surface area contributed by atoms with E-state index in [-0.39, 0.29) is 5.92 Å². The van der Waals surface area contributed by atoms with E-state index in [0.29, 0.717) is 12.3 Å². The number of piperazine rings is 1. The first-order valence-corrected chi connectivity index (χ1v) is 13.5. The van der Waals surface area contributed by atoms with Crippen molar-refractivity contribution in [3.05, 3.63) is 42.4 Å². The summed E-state index contributed by atoms with van der Waals surface area (Å²) in [6, 6.07) is 10.2. The summed E-state index contributed by atoms with van der Waals surface area (Å²) in [6.45, 7) is 9.67. The number of unbranched alkanes of at least 4 members (excludes halogenated alkanes) is 4. The van der Waals surface area contributed by atoms with Crippen LogP contribution in [0.15, 0.2) is 36.5 Å². The number of amides is 1. The highest BCUT2D eigenvalue weighted by atomic mass is 16.2. The van der Waals surface area contributed by atoms with Crippen molar-refractivity contribution in [3.63, 3.8) is 0 Å². The molecule has 1 saturated heterocycles. The highest BCUT2D eigenvalue weighted by Gasteiger charge is 2.25. The number of hydrogen-bond donors (Lipinski definition) is 0. The molecule has 1 aliphatic rings. The van der Waals surface area contributed by atoms with Gasteiger partial charge in [-0.3, -0.25) is 4.79 Å². The van der Waals surface area contributed by atoms with Gasteiger partial charge in [-0.1, -0.05) is 71.1 Å². The molecule has 1 fully saturated rings. The van der Waals surface area contributed by atoms with E-state index in [2.05, 4.69) is 42.9 Å². The van der Waals surface area contributed by atoms with Gasteiger partial charge in [-0.2, -0.15) is 5.10 Å². The lowest BCUT2D eigenvalue weighted by atomic mass is 10.1. The van der Waals surface area contributed by atoms with Crippen LogP contribution in [0.4, 0.5) is 5.82 Å². The van der Waals surface area contributed by atoms with Crippen LogP contribution in [0.2, 0.25) is 0 Å². The Morgan fingerprint density at radius 3 is 2.40 bits per heavy atom. The smallest absolute Gasteiger partial charge is 0.222 e. The van der Waals surface area contributed by atoms with Gasteiger partial charge in [0.1, 0.15) is 11.6 Å². The number of rotatable bonds is 11. The monoisotopic (exact) mass is 476 g/mol. The van der Waals surface area contributed by atoms with Gasteiger partial charge in [-0.15, -0.1) is 0 Å². The number of nitrogens with zero attached hydrogens (tertiary/aromatic N) is 6. The van der Waals surface area contributed by atoms with Crippen molar-refractivity contribution in [2.45, 2.75) is 78.1 Å². The quantitative estimate of drug-likeness (QED) is 0.331. The van der Waals surface area contributed by atoms with Crippen LogP contribution in [-0.4, -0.2) is 56.7 Å². The third kappa shape index (κ3) is 6.00. The predicted molar refractivity (Wildman–Crippen MR) is 142 cm³/mol. The molecule has 0 saturated carbocycles. The molecule has 188 valence electrons. The molecule has 1 aromatic carbocycles. The van der Waals surface area contributed by atoms with E-state index in [1.807, 2.05) is 34.0 Å². The molecule has 1 aliphatic heterocycles. The molecule has 0 aliphatic carbocycles. The molecule has 7 nitrogen and oxygen atoms in total. The third-order valence-electron chi connectivity index (χ3n) is 7.01. The van der Waals surface area contributed by atoms with Crippen LogP contribution < -0.4 is 4.90 Å². The Morgan fingerprint density at radius 2 is 1.69 bits per heavy atom. The Morgan fingerprint density at radius 1 is 0.943 bits per heavy atom. The summed E-state index contributed by atoms with van der Waals surface area (Å²) in [6.07, 6.45) is 10.6. The summed E-state index contributed by atoms with van der Waals surface area (Å²) in [5.41, 5.74) is 1.85. The van der Waals surface area contributed by atoms with E-state index in [9.17, 15) is 4.79 Å². The highest BCUT2D eigenvalue weighted by Crippen LogP contribution is 2.29. The SMILES string of the molecule is CCCCCCCC(=O)N1CCN(c2nc([C@@H](C)CCC)nc3c2cnn3-c2ccccc2)CC1. The number of para-hydroxylation sites is 1. The molecular formula is C28H40N6O. The minimum atomic E-state index is 0.276. The Kier molecular flexibility index (Phi) is 8.72. The van der Waals surface area contributed by atoms with E-state index >= 15 is 0 Å². The Hall–Kier alpha value is -2.96. The largest absolute Gasteiger partial charge is 0.352 e. The van der Waals surface area contributed by atoms with Crippen LogP contribution in [0, 0.1) is 0 Å². The zero-order valence-electron chi connectivity index (χ0n) is 21.6. The second-order valence-electron chi connectivity index (χ2n) is 9.76. The van der Waals surface area contributed by atoms with E-state index in [1.54, 1.807) is 0 Å². The van der Waals surface area contributed by atoms with Gasteiger partial charge < -0.3 is 9.80 Å². The maximum absolute atomic E-state index is 12.7. The lowest BCUT2D eigenvalue weighted by Gasteiger charge is -2.36. The summed E-state index contributed by atoms with van der Waals surface area (Å²) in [4.78, 5) is 27.1. The summed E-state index contributed by atoms with van der Waals surface area (Å²) < 4.78 is 1.92. The second-order valence-corrected chi connectivity index (χ2v) is 9.76. The molecule has 3 aromatic rings. The fourth-order valence-corrected chi connectivity index (χ4v) is 4.90. The number of aromatic nitrogens is 4. The van der Waals surface area contributed by atoms with Crippen LogP contribution in [-0.2, 0) is 4.79 Å². The van der Waals surface area contributed by atoms with Crippen molar-refractivity contribution in [3.8, 4) is 5.69 Å². The summed E-state index contributed by atoms with van der Waals surface area (Å²) in [5, 5.41) is 5.66. The van der Waals surface area contributed by atoms with Crippen molar-refractivity contribution < 1.29 is 4.79 Å². The third-order valence-corrected chi connectivity index (χ3v) is 7.01. The van der Waals surface area contributed by atoms with Gasteiger partial charge in [0.15, 0.2) is 5.65 Å². The minimum absolute atomic E-state index is 0.276. The molecule has 0 unspecified atom stereocenters. The molecule has 0 bridgehead atoms. The number of fused-ring (bicyclic) bond motifs is 1. The van der Waals surface area contributed by atoms with E-state index in [1.165, 1.54) is 19.3 Å². The highest BCUT2D eigenvalue weighted by molar-refractivity contribution is 5.88. The maximum atomic E-state index is 12.7. The number of benzene rings is 1. The van der Waals surface area contributed by atoms with E-state index in [0.717, 1.165) is 80.2 Å². The minimum Gasteiger partial charge on any atom is -0.352 e. The second kappa shape index (κ2) is 12.1. The van der Waals surface area contributed by atoms with E-state index in [4.69, 9.17) is 9.97 Å². The zero-order valence-corrected chi connectivity index (χ0v) is 21.6. The van der Waals surface area contributed by atoms with Gasteiger partial charge >= 0.3 is 0 Å². The van der Waals surface area contributed by atoms with Crippen LogP contribution in [0.3, 0.4) is 0 Å². The van der Waals surface area contributed by atoms with Gasteiger partial charge in [-0.25, -0.2) is 14.6 Å². The molecule has 1 atom stereocenters. The maximum Gasteiger partial charge on any atom is 0.222 e. The molecule has 0 radical (unpaired) electrons. The normalized spacial score (nSPS) is 15.1. The molecule has 35 heavy (non-hydrogen) atoms. The molecule has 0 N–H and O–H groups in total. The molecular weight excluding hydrogens is 436 g/mol. The molecule has 1 amide bonds. The van der Waals surface area contributed by atoms with Crippen LogP contribution in [0.1, 0.15) is 83.9 Å². The molecule has 0 spiro atoms. The lowest BCUT2D eigenvalue weighted by Crippen LogP contribution is -2.49. The average molecular weight is 477 g/mol. The first-order valence-electron chi connectivity index (χ1n) is 13.5. The summed E-state index contributed by atoms with van der Waals surface area (Å²) >= 11 is 0. The van der Waals surface area contributed by atoms with Crippen molar-refractivity contribution in [2.24, 2.45) is 0 Å². The molecule has 3 heterocycles. The Bertz CT molecular complexity index is 1090. The van der Waals surface area contributed by atoms with Gasteiger partial charge in [0.05, 0.1) is 17.3 Å².